The van der Waals surface area contributed by atoms with E-state index in [1.54, 1.807) is 6.92 Å². The number of nitrogens with two attached hydrogens (primary N) is 1. The Labute approximate surface area is 150 Å². The van der Waals surface area contributed by atoms with Crippen LogP contribution in [-0.4, -0.2) is 24.1 Å². The third kappa shape index (κ3) is 3.91. The normalized spacial score (nSPS) is 30.5. The summed E-state index contributed by atoms with van der Waals surface area (Å²) in [6, 6.07) is 4.63. The summed E-state index contributed by atoms with van der Waals surface area (Å²) < 4.78 is 19.3. The van der Waals surface area contributed by atoms with E-state index in [1.807, 2.05) is 0 Å². The van der Waals surface area contributed by atoms with Crippen LogP contribution in [0.25, 0.3) is 0 Å². The van der Waals surface area contributed by atoms with E-state index in [9.17, 15) is 9.18 Å². The van der Waals surface area contributed by atoms with E-state index in [4.69, 9.17) is 10.5 Å². The minimum atomic E-state index is -0.636. The first kappa shape index (κ1) is 17.7. The van der Waals surface area contributed by atoms with Crippen molar-refractivity contribution in [1.29, 1.82) is 0 Å². The Bertz CT molecular complexity index is 599. The van der Waals surface area contributed by atoms with Crippen molar-refractivity contribution in [1.82, 2.24) is 5.32 Å². The average Bonchev–Trinajstić information content (AvgIpc) is 2.50. The maximum Gasteiger partial charge on any atom is 0.261 e. The van der Waals surface area contributed by atoms with Gasteiger partial charge in [0.15, 0.2) is 6.10 Å². The number of carbonyl (C=O) groups is 1. The molecule has 2 aliphatic rings. The highest BCUT2D eigenvalue weighted by molar-refractivity contribution is 9.10. The maximum atomic E-state index is 13.1. The fraction of sp³-hybridized carbons (Fsp3) is 0.611. The van der Waals surface area contributed by atoms with Crippen LogP contribution in [0.15, 0.2) is 22.7 Å². The minimum absolute atomic E-state index is 0.122. The molecule has 2 aliphatic carbocycles. The average molecular weight is 399 g/mol. The standard InChI is InChI=1S/C18H24BrFN2O2/c1-10(24-16-6-5-13(20)9-15(16)19)18(23)22-17-11-3-2-4-12(17)8-14(21)7-11/h5-6,9-12,14,17H,2-4,7-8,21H2,1H3,(H,22,23). The van der Waals surface area contributed by atoms with Crippen molar-refractivity contribution in [2.45, 2.75) is 57.2 Å². The molecule has 0 aliphatic heterocycles. The Morgan fingerprint density at radius 2 is 2.04 bits per heavy atom. The van der Waals surface area contributed by atoms with Crippen LogP contribution in [0.3, 0.4) is 0 Å². The predicted octanol–water partition coefficient (Wildman–Crippen LogP) is 3.38. The molecule has 2 fully saturated rings. The van der Waals surface area contributed by atoms with E-state index in [0.29, 0.717) is 22.1 Å². The lowest BCUT2D eigenvalue weighted by molar-refractivity contribution is -0.129. The van der Waals surface area contributed by atoms with Crippen molar-refractivity contribution in [2.75, 3.05) is 0 Å². The molecule has 3 rings (SSSR count). The second-order valence-corrected chi connectivity index (χ2v) is 7.91. The number of hydrogen-bond donors (Lipinski definition) is 2. The summed E-state index contributed by atoms with van der Waals surface area (Å²) in [5, 5.41) is 3.18. The summed E-state index contributed by atoms with van der Waals surface area (Å²) in [6.07, 6.45) is 4.83. The van der Waals surface area contributed by atoms with Gasteiger partial charge in [-0.3, -0.25) is 4.79 Å². The third-order valence-corrected chi connectivity index (χ3v) is 5.87. The van der Waals surface area contributed by atoms with Crippen molar-refractivity contribution < 1.29 is 13.9 Å². The molecule has 6 heteroatoms. The third-order valence-electron chi connectivity index (χ3n) is 5.25. The quantitative estimate of drug-likeness (QED) is 0.816. The van der Waals surface area contributed by atoms with Gasteiger partial charge in [0, 0.05) is 12.1 Å². The van der Waals surface area contributed by atoms with Crippen molar-refractivity contribution >= 4 is 21.8 Å². The van der Waals surface area contributed by atoms with Crippen molar-refractivity contribution in [3.8, 4) is 5.75 Å². The highest BCUT2D eigenvalue weighted by Gasteiger charge is 2.40. The van der Waals surface area contributed by atoms with Gasteiger partial charge in [-0.05, 0) is 78.6 Å². The summed E-state index contributed by atoms with van der Waals surface area (Å²) >= 11 is 3.26. The van der Waals surface area contributed by atoms with Crippen LogP contribution in [-0.2, 0) is 4.79 Å². The van der Waals surface area contributed by atoms with Crippen LogP contribution >= 0.6 is 15.9 Å². The monoisotopic (exact) mass is 398 g/mol. The Balaban J connectivity index is 1.62. The lowest BCUT2D eigenvalue weighted by Gasteiger charge is -2.45. The highest BCUT2D eigenvalue weighted by atomic mass is 79.9. The fourth-order valence-electron chi connectivity index (χ4n) is 4.12. The van der Waals surface area contributed by atoms with Crippen molar-refractivity contribution in [3.63, 3.8) is 0 Å². The Morgan fingerprint density at radius 1 is 1.38 bits per heavy atom. The molecule has 0 aromatic heterocycles. The summed E-state index contributed by atoms with van der Waals surface area (Å²) in [5.74, 6) is 0.939. The molecule has 0 saturated heterocycles. The molecule has 2 bridgehead atoms. The van der Waals surface area contributed by atoms with Crippen LogP contribution < -0.4 is 15.8 Å². The van der Waals surface area contributed by atoms with Crippen LogP contribution in [0.4, 0.5) is 4.39 Å². The molecule has 4 nitrogen and oxygen atoms in total. The number of halogens is 2. The molecule has 1 amide bonds. The van der Waals surface area contributed by atoms with Crippen molar-refractivity contribution in [2.24, 2.45) is 17.6 Å². The number of carbonyl (C=O) groups excluding carboxylic acids is 1. The van der Waals surface area contributed by atoms with Gasteiger partial charge in [0.25, 0.3) is 5.91 Å². The molecule has 24 heavy (non-hydrogen) atoms. The van der Waals surface area contributed by atoms with Crippen LogP contribution in [0, 0.1) is 17.7 Å². The van der Waals surface area contributed by atoms with Crippen LogP contribution in [0.5, 0.6) is 5.75 Å². The van der Waals surface area contributed by atoms with Gasteiger partial charge in [-0.25, -0.2) is 4.39 Å². The summed E-state index contributed by atoms with van der Waals surface area (Å²) in [4.78, 5) is 12.5. The first-order chi connectivity index (χ1) is 11.4. The molecular formula is C18H24BrFN2O2. The fourth-order valence-corrected chi connectivity index (χ4v) is 4.57. The van der Waals surface area contributed by atoms with Gasteiger partial charge in [-0.2, -0.15) is 0 Å². The predicted molar refractivity (Wildman–Crippen MR) is 94.2 cm³/mol. The summed E-state index contributed by atoms with van der Waals surface area (Å²) in [7, 11) is 0. The van der Waals surface area contributed by atoms with E-state index in [-0.39, 0.29) is 23.8 Å². The number of benzene rings is 1. The molecule has 3 atom stereocenters. The Kier molecular flexibility index (Phi) is 5.45. The van der Waals surface area contributed by atoms with Gasteiger partial charge in [0.1, 0.15) is 11.6 Å². The first-order valence-electron chi connectivity index (χ1n) is 8.61. The SMILES string of the molecule is CC(Oc1ccc(F)cc1Br)C(=O)NC1C2CCCC1CC(N)C2. The molecule has 0 radical (unpaired) electrons. The largest absolute Gasteiger partial charge is 0.480 e. The molecule has 1 aromatic carbocycles. The zero-order valence-electron chi connectivity index (χ0n) is 13.8. The molecule has 2 saturated carbocycles. The van der Waals surface area contributed by atoms with E-state index < -0.39 is 6.10 Å². The van der Waals surface area contributed by atoms with Gasteiger partial charge in [-0.15, -0.1) is 0 Å². The number of amides is 1. The number of hydrogen-bond acceptors (Lipinski definition) is 3. The number of rotatable bonds is 4. The van der Waals surface area contributed by atoms with Crippen LogP contribution in [0.1, 0.15) is 39.0 Å². The molecule has 3 N–H and O–H groups in total. The van der Waals surface area contributed by atoms with E-state index in [1.165, 1.54) is 24.6 Å². The molecule has 0 heterocycles. The van der Waals surface area contributed by atoms with Crippen LogP contribution in [0.2, 0.25) is 0 Å². The Morgan fingerprint density at radius 3 is 2.67 bits per heavy atom. The second kappa shape index (κ2) is 7.40. The number of ether oxygens (including phenoxy) is 1. The topological polar surface area (TPSA) is 64.3 Å². The molecule has 3 unspecified atom stereocenters. The highest BCUT2D eigenvalue weighted by Crippen LogP contribution is 2.39. The van der Waals surface area contributed by atoms with Crippen molar-refractivity contribution in [3.05, 3.63) is 28.5 Å². The zero-order valence-corrected chi connectivity index (χ0v) is 15.4. The maximum absolute atomic E-state index is 13.1. The molecule has 0 spiro atoms. The number of fused-ring (bicyclic) bond motifs is 2. The molecular weight excluding hydrogens is 375 g/mol. The summed E-state index contributed by atoms with van der Waals surface area (Å²) in [6.45, 7) is 1.72. The molecule has 1 aromatic rings. The zero-order chi connectivity index (χ0) is 17.3. The van der Waals surface area contributed by atoms with Gasteiger partial charge >= 0.3 is 0 Å². The summed E-state index contributed by atoms with van der Waals surface area (Å²) in [5.41, 5.74) is 6.14. The van der Waals surface area contributed by atoms with E-state index >= 15 is 0 Å². The minimum Gasteiger partial charge on any atom is -0.480 e. The van der Waals surface area contributed by atoms with Gasteiger partial charge in [0.2, 0.25) is 0 Å². The first-order valence-corrected chi connectivity index (χ1v) is 9.41. The number of nitrogens with one attached hydrogen (secondary N) is 1. The smallest absolute Gasteiger partial charge is 0.261 e. The van der Waals surface area contributed by atoms with Gasteiger partial charge in [0.05, 0.1) is 4.47 Å². The second-order valence-electron chi connectivity index (χ2n) is 7.05. The van der Waals surface area contributed by atoms with E-state index in [2.05, 4.69) is 21.2 Å². The lowest BCUT2D eigenvalue weighted by Crippen LogP contribution is -2.55. The molecule has 132 valence electrons. The van der Waals surface area contributed by atoms with Gasteiger partial charge in [-0.1, -0.05) is 6.42 Å². The Hall–Kier alpha value is -1.14. The van der Waals surface area contributed by atoms with E-state index in [0.717, 1.165) is 25.7 Å². The van der Waals surface area contributed by atoms with Gasteiger partial charge < -0.3 is 15.8 Å². The lowest BCUT2D eigenvalue weighted by atomic mass is 9.67.